The standard InChI is InChI=1S/C19H16FN5O2/c1-11-15-9-23-18(17-21-4-3-5-22-17)24-16(15)10-25(11)19(26)12-6-13(20)8-14(7-12)27-2/h3-9,11H,10H2,1-2H3. The van der Waals surface area contributed by atoms with Crippen LogP contribution in [0.15, 0.2) is 42.9 Å². The number of hydrogen-bond donors (Lipinski definition) is 0. The normalized spacial score (nSPS) is 15.5. The zero-order chi connectivity index (χ0) is 19.0. The first-order chi connectivity index (χ1) is 13.1. The molecule has 27 heavy (non-hydrogen) atoms. The molecule has 136 valence electrons. The maximum atomic E-state index is 13.8. The van der Waals surface area contributed by atoms with E-state index in [1.807, 2.05) is 6.92 Å². The Labute approximate surface area is 154 Å². The molecule has 1 atom stereocenters. The van der Waals surface area contributed by atoms with Gasteiger partial charge in [-0.05, 0) is 25.1 Å². The third-order valence-electron chi connectivity index (χ3n) is 4.52. The highest BCUT2D eigenvalue weighted by molar-refractivity contribution is 5.95. The number of methoxy groups -OCH3 is 1. The van der Waals surface area contributed by atoms with Gasteiger partial charge in [0.25, 0.3) is 5.91 Å². The number of ether oxygens (including phenoxy) is 1. The number of amides is 1. The molecule has 7 nitrogen and oxygen atoms in total. The third kappa shape index (κ3) is 3.10. The Balaban J connectivity index is 1.64. The Morgan fingerprint density at radius 3 is 2.70 bits per heavy atom. The van der Waals surface area contributed by atoms with E-state index in [2.05, 4.69) is 19.9 Å². The summed E-state index contributed by atoms with van der Waals surface area (Å²) in [7, 11) is 1.43. The fourth-order valence-electron chi connectivity index (χ4n) is 3.11. The molecule has 4 rings (SSSR count). The monoisotopic (exact) mass is 365 g/mol. The number of carbonyl (C=O) groups excluding carboxylic acids is 1. The molecule has 2 aromatic heterocycles. The Morgan fingerprint density at radius 2 is 1.96 bits per heavy atom. The van der Waals surface area contributed by atoms with E-state index in [0.717, 1.165) is 11.3 Å². The molecule has 1 aliphatic heterocycles. The molecule has 0 saturated heterocycles. The number of benzene rings is 1. The van der Waals surface area contributed by atoms with Gasteiger partial charge in [0, 0.05) is 35.8 Å². The largest absolute Gasteiger partial charge is 0.497 e. The van der Waals surface area contributed by atoms with E-state index in [4.69, 9.17) is 4.74 Å². The van der Waals surface area contributed by atoms with Gasteiger partial charge in [-0.1, -0.05) is 0 Å². The van der Waals surface area contributed by atoms with Crippen LogP contribution in [-0.2, 0) is 6.54 Å². The zero-order valence-corrected chi connectivity index (χ0v) is 14.8. The number of hydrogen-bond acceptors (Lipinski definition) is 6. The van der Waals surface area contributed by atoms with Crippen LogP contribution in [0, 0.1) is 5.82 Å². The van der Waals surface area contributed by atoms with Crippen molar-refractivity contribution in [1.29, 1.82) is 0 Å². The summed E-state index contributed by atoms with van der Waals surface area (Å²) in [5.41, 5.74) is 1.81. The summed E-state index contributed by atoms with van der Waals surface area (Å²) in [5, 5.41) is 0. The van der Waals surface area contributed by atoms with Gasteiger partial charge in [-0.15, -0.1) is 0 Å². The average molecular weight is 365 g/mol. The number of nitrogens with zero attached hydrogens (tertiary/aromatic N) is 5. The van der Waals surface area contributed by atoms with Gasteiger partial charge in [-0.2, -0.15) is 0 Å². The van der Waals surface area contributed by atoms with Crippen LogP contribution in [-0.4, -0.2) is 37.9 Å². The summed E-state index contributed by atoms with van der Waals surface area (Å²) in [4.78, 5) is 31.7. The Kier molecular flexibility index (Phi) is 4.23. The minimum Gasteiger partial charge on any atom is -0.497 e. The Hall–Kier alpha value is -3.42. The van der Waals surface area contributed by atoms with E-state index in [0.29, 0.717) is 23.9 Å². The van der Waals surface area contributed by atoms with Crippen LogP contribution >= 0.6 is 0 Å². The summed E-state index contributed by atoms with van der Waals surface area (Å²) in [6.45, 7) is 2.19. The molecule has 1 unspecified atom stereocenters. The van der Waals surface area contributed by atoms with Crippen molar-refractivity contribution in [1.82, 2.24) is 24.8 Å². The highest BCUT2D eigenvalue weighted by atomic mass is 19.1. The maximum Gasteiger partial charge on any atom is 0.254 e. The van der Waals surface area contributed by atoms with Crippen LogP contribution in [0.3, 0.4) is 0 Å². The molecule has 0 aliphatic carbocycles. The van der Waals surface area contributed by atoms with Crippen LogP contribution < -0.4 is 4.74 Å². The van der Waals surface area contributed by atoms with Gasteiger partial charge in [0.15, 0.2) is 11.6 Å². The van der Waals surface area contributed by atoms with Crippen molar-refractivity contribution in [3.8, 4) is 17.4 Å². The molecular formula is C19H16FN5O2. The number of fused-ring (bicyclic) bond motifs is 1. The highest BCUT2D eigenvalue weighted by Crippen LogP contribution is 2.34. The van der Waals surface area contributed by atoms with E-state index in [-0.39, 0.29) is 17.5 Å². The number of rotatable bonds is 3. The van der Waals surface area contributed by atoms with Crippen molar-refractivity contribution in [2.24, 2.45) is 0 Å². The van der Waals surface area contributed by atoms with Crippen molar-refractivity contribution in [2.45, 2.75) is 19.5 Å². The van der Waals surface area contributed by atoms with Crippen LogP contribution in [0.2, 0.25) is 0 Å². The SMILES string of the molecule is COc1cc(F)cc(C(=O)N2Cc3nc(-c4ncccn4)ncc3C2C)c1. The van der Waals surface area contributed by atoms with E-state index in [1.165, 1.54) is 25.3 Å². The summed E-state index contributed by atoms with van der Waals surface area (Å²) >= 11 is 0. The second-order valence-corrected chi connectivity index (χ2v) is 6.16. The van der Waals surface area contributed by atoms with Crippen molar-refractivity contribution in [3.05, 3.63) is 65.5 Å². The lowest BCUT2D eigenvalue weighted by atomic mass is 10.1. The quantitative estimate of drug-likeness (QED) is 0.710. The summed E-state index contributed by atoms with van der Waals surface area (Å²) < 4.78 is 18.8. The number of halogens is 1. The van der Waals surface area contributed by atoms with Gasteiger partial charge in [-0.25, -0.2) is 24.3 Å². The lowest BCUT2D eigenvalue weighted by Gasteiger charge is -2.21. The molecule has 0 radical (unpaired) electrons. The minimum atomic E-state index is -0.523. The first-order valence-corrected chi connectivity index (χ1v) is 8.35. The van der Waals surface area contributed by atoms with Crippen LogP contribution in [0.1, 0.15) is 34.6 Å². The van der Waals surface area contributed by atoms with Crippen LogP contribution in [0.4, 0.5) is 4.39 Å². The molecule has 3 heterocycles. The van der Waals surface area contributed by atoms with Gasteiger partial charge < -0.3 is 9.64 Å². The first kappa shape index (κ1) is 17.0. The zero-order valence-electron chi connectivity index (χ0n) is 14.8. The van der Waals surface area contributed by atoms with E-state index in [1.54, 1.807) is 29.6 Å². The summed E-state index contributed by atoms with van der Waals surface area (Å²) in [5.74, 6) is 0.308. The van der Waals surface area contributed by atoms with Gasteiger partial charge in [0.2, 0.25) is 0 Å². The van der Waals surface area contributed by atoms with Crippen LogP contribution in [0.5, 0.6) is 5.75 Å². The maximum absolute atomic E-state index is 13.8. The molecule has 1 aliphatic rings. The molecular weight excluding hydrogens is 349 g/mol. The summed E-state index contributed by atoms with van der Waals surface area (Å²) in [6.07, 6.45) is 4.93. The lowest BCUT2D eigenvalue weighted by Crippen LogP contribution is -2.28. The van der Waals surface area contributed by atoms with E-state index < -0.39 is 5.82 Å². The van der Waals surface area contributed by atoms with Crippen LogP contribution in [0.25, 0.3) is 11.6 Å². The molecule has 0 spiro atoms. The van der Waals surface area contributed by atoms with Crippen molar-refractivity contribution in [3.63, 3.8) is 0 Å². The first-order valence-electron chi connectivity index (χ1n) is 8.35. The smallest absolute Gasteiger partial charge is 0.254 e. The molecule has 1 amide bonds. The Bertz CT molecular complexity index is 1010. The molecule has 0 bridgehead atoms. The molecule has 8 heteroatoms. The van der Waals surface area contributed by atoms with Crippen molar-refractivity contribution < 1.29 is 13.9 Å². The number of aromatic nitrogens is 4. The fourth-order valence-corrected chi connectivity index (χ4v) is 3.11. The Morgan fingerprint density at radius 1 is 1.19 bits per heavy atom. The van der Waals surface area contributed by atoms with E-state index in [9.17, 15) is 9.18 Å². The molecule has 0 fully saturated rings. The topological polar surface area (TPSA) is 81.1 Å². The summed E-state index contributed by atoms with van der Waals surface area (Å²) in [6, 6.07) is 5.45. The fraction of sp³-hybridized carbons (Fsp3) is 0.211. The lowest BCUT2D eigenvalue weighted by molar-refractivity contribution is 0.0703. The molecule has 1 aromatic carbocycles. The van der Waals surface area contributed by atoms with Gasteiger partial charge in [0.05, 0.1) is 25.4 Å². The predicted octanol–water partition coefficient (Wildman–Crippen LogP) is 2.80. The van der Waals surface area contributed by atoms with Crippen molar-refractivity contribution >= 4 is 5.91 Å². The number of carbonyl (C=O) groups is 1. The average Bonchev–Trinajstić information content (AvgIpc) is 3.03. The van der Waals surface area contributed by atoms with Gasteiger partial charge >= 0.3 is 0 Å². The predicted molar refractivity (Wildman–Crippen MR) is 94.3 cm³/mol. The van der Waals surface area contributed by atoms with Gasteiger partial charge in [0.1, 0.15) is 11.6 Å². The second-order valence-electron chi connectivity index (χ2n) is 6.16. The third-order valence-corrected chi connectivity index (χ3v) is 4.52. The molecule has 3 aromatic rings. The van der Waals surface area contributed by atoms with E-state index >= 15 is 0 Å². The van der Waals surface area contributed by atoms with Crippen molar-refractivity contribution in [2.75, 3.05) is 7.11 Å². The minimum absolute atomic E-state index is 0.228. The second kappa shape index (κ2) is 6.71. The highest BCUT2D eigenvalue weighted by Gasteiger charge is 2.33. The molecule has 0 saturated carbocycles. The van der Waals surface area contributed by atoms with Gasteiger partial charge in [-0.3, -0.25) is 4.79 Å². The molecule has 0 N–H and O–H groups in total.